The molecule has 0 aliphatic heterocycles. The van der Waals surface area contributed by atoms with Gasteiger partial charge in [-0.15, -0.1) is 0 Å². The molecule has 0 saturated heterocycles. The first-order valence-electron chi connectivity index (χ1n) is 14.9. The summed E-state index contributed by atoms with van der Waals surface area (Å²) in [6.45, 7) is 2.59. The molecule has 0 unspecified atom stereocenters. The lowest BCUT2D eigenvalue weighted by molar-refractivity contribution is -0.139. The number of amides is 2. The van der Waals surface area contributed by atoms with E-state index < -0.39 is 17.9 Å². The molecule has 1 aromatic carbocycles. The number of hydrogen-bond donors (Lipinski definition) is 4. The average Bonchev–Trinajstić information content (AvgIpc) is 2.97. The van der Waals surface area contributed by atoms with Gasteiger partial charge in [0.05, 0.1) is 5.56 Å². The van der Waals surface area contributed by atoms with Gasteiger partial charge in [0.15, 0.2) is 0 Å². The molecule has 0 aliphatic carbocycles. The number of allylic oxidation sites excluding steroid dienone is 12. The highest BCUT2D eigenvalue weighted by Crippen LogP contribution is 2.16. The van der Waals surface area contributed by atoms with Crippen molar-refractivity contribution in [2.24, 2.45) is 0 Å². The van der Waals surface area contributed by atoms with E-state index in [4.69, 9.17) is 0 Å². The third-order valence-corrected chi connectivity index (χ3v) is 6.13. The second-order valence-electron chi connectivity index (χ2n) is 9.68. The predicted octanol–water partition coefficient (Wildman–Crippen LogP) is 7.34. The van der Waals surface area contributed by atoms with Gasteiger partial charge in [-0.1, -0.05) is 92.0 Å². The second-order valence-corrected chi connectivity index (χ2v) is 9.68. The third kappa shape index (κ3) is 19.0. The van der Waals surface area contributed by atoms with Gasteiger partial charge in [-0.3, -0.25) is 9.59 Å². The Morgan fingerprint density at radius 3 is 1.81 bits per heavy atom. The summed E-state index contributed by atoms with van der Waals surface area (Å²) < 4.78 is 0. The van der Waals surface area contributed by atoms with Crippen LogP contribution in [0.1, 0.15) is 87.9 Å². The van der Waals surface area contributed by atoms with Crippen LogP contribution >= 0.6 is 0 Å². The van der Waals surface area contributed by atoms with Gasteiger partial charge in [0.25, 0.3) is 5.91 Å². The first kappa shape index (κ1) is 35.9. The Morgan fingerprint density at radius 1 is 0.762 bits per heavy atom. The molecule has 228 valence electrons. The SMILES string of the molecule is CC/C=C\C/C=C\C/C=C\C/C=C\C/C=C\C/C=C\CCC(=O)NCCCC[C@H](NC(=O)c1ccccc1O)C(=O)O. The summed E-state index contributed by atoms with van der Waals surface area (Å²) in [7, 11) is 0. The fraction of sp³-hybridized carbons (Fsp3) is 0.400. The van der Waals surface area contributed by atoms with Gasteiger partial charge in [-0.05, 0) is 76.3 Å². The molecule has 7 nitrogen and oxygen atoms in total. The molecule has 1 atom stereocenters. The third-order valence-electron chi connectivity index (χ3n) is 6.13. The number of phenolic OH excluding ortho intramolecular Hbond substituents is 1. The normalized spacial score (nSPS) is 12.9. The first-order chi connectivity index (χ1) is 20.5. The highest BCUT2D eigenvalue weighted by molar-refractivity contribution is 5.98. The fourth-order valence-electron chi connectivity index (χ4n) is 3.80. The molecule has 0 radical (unpaired) electrons. The summed E-state index contributed by atoms with van der Waals surface area (Å²) in [5.74, 6) is -2.02. The number of rotatable bonds is 22. The molecular formula is C35H48N2O5. The zero-order chi connectivity index (χ0) is 30.7. The van der Waals surface area contributed by atoms with Gasteiger partial charge in [0.1, 0.15) is 11.8 Å². The molecule has 7 heteroatoms. The number of para-hydroxylation sites is 1. The molecular weight excluding hydrogens is 528 g/mol. The lowest BCUT2D eigenvalue weighted by atomic mass is 10.1. The Labute approximate surface area is 251 Å². The minimum atomic E-state index is -1.14. The molecule has 0 bridgehead atoms. The smallest absolute Gasteiger partial charge is 0.326 e. The van der Waals surface area contributed by atoms with Gasteiger partial charge in [-0.25, -0.2) is 4.79 Å². The van der Waals surface area contributed by atoms with E-state index in [2.05, 4.69) is 84.4 Å². The van der Waals surface area contributed by atoms with Crippen LogP contribution in [0.2, 0.25) is 0 Å². The number of unbranched alkanes of at least 4 members (excludes halogenated alkanes) is 1. The highest BCUT2D eigenvalue weighted by Gasteiger charge is 2.21. The molecule has 4 N–H and O–H groups in total. The largest absolute Gasteiger partial charge is 0.507 e. The Bertz CT molecular complexity index is 1100. The average molecular weight is 577 g/mol. The Kier molecular flexibility index (Phi) is 21.1. The summed E-state index contributed by atoms with van der Waals surface area (Å²) in [5.41, 5.74) is 0.0305. The molecule has 0 aliphatic rings. The van der Waals surface area contributed by atoms with Gasteiger partial charge in [0.2, 0.25) is 5.91 Å². The van der Waals surface area contributed by atoms with E-state index in [0.29, 0.717) is 32.2 Å². The molecule has 1 aromatic rings. The van der Waals surface area contributed by atoms with E-state index in [1.54, 1.807) is 12.1 Å². The number of nitrogens with one attached hydrogen (secondary N) is 2. The molecule has 0 saturated carbocycles. The van der Waals surface area contributed by atoms with Crippen molar-refractivity contribution >= 4 is 17.8 Å². The van der Waals surface area contributed by atoms with Gasteiger partial charge >= 0.3 is 5.97 Å². The number of benzene rings is 1. The van der Waals surface area contributed by atoms with E-state index >= 15 is 0 Å². The Hall–Kier alpha value is -4.13. The van der Waals surface area contributed by atoms with Crippen molar-refractivity contribution in [3.63, 3.8) is 0 Å². The number of carbonyl (C=O) groups excluding carboxylic acids is 2. The number of aliphatic carboxylic acids is 1. The van der Waals surface area contributed by atoms with Crippen LogP contribution in [0.15, 0.2) is 97.2 Å². The van der Waals surface area contributed by atoms with Gasteiger partial charge in [0, 0.05) is 13.0 Å². The van der Waals surface area contributed by atoms with Crippen molar-refractivity contribution in [1.82, 2.24) is 10.6 Å². The lowest BCUT2D eigenvalue weighted by Crippen LogP contribution is -2.40. The van der Waals surface area contributed by atoms with Crippen molar-refractivity contribution in [3.8, 4) is 5.75 Å². The van der Waals surface area contributed by atoms with Crippen LogP contribution in [0.3, 0.4) is 0 Å². The van der Waals surface area contributed by atoms with E-state index in [1.165, 1.54) is 12.1 Å². The Balaban J connectivity index is 2.07. The maximum atomic E-state index is 12.3. The maximum absolute atomic E-state index is 12.3. The predicted molar refractivity (Wildman–Crippen MR) is 171 cm³/mol. The summed E-state index contributed by atoms with van der Waals surface area (Å²) in [6.07, 6.45) is 33.9. The summed E-state index contributed by atoms with van der Waals surface area (Å²) in [4.78, 5) is 35.8. The number of aromatic hydroxyl groups is 1. The van der Waals surface area contributed by atoms with Gasteiger partial charge < -0.3 is 20.8 Å². The second kappa shape index (κ2) is 24.6. The van der Waals surface area contributed by atoms with Crippen molar-refractivity contribution < 1.29 is 24.6 Å². The van der Waals surface area contributed by atoms with Crippen molar-refractivity contribution in [1.29, 1.82) is 0 Å². The molecule has 0 fully saturated rings. The zero-order valence-corrected chi connectivity index (χ0v) is 24.9. The monoisotopic (exact) mass is 576 g/mol. The summed E-state index contributed by atoms with van der Waals surface area (Å²) >= 11 is 0. The van der Waals surface area contributed by atoms with Crippen molar-refractivity contribution in [2.45, 2.75) is 83.6 Å². The minimum Gasteiger partial charge on any atom is -0.507 e. The molecule has 0 spiro atoms. The van der Waals surface area contributed by atoms with Crippen molar-refractivity contribution in [3.05, 3.63) is 103 Å². The van der Waals surface area contributed by atoms with Crippen LogP contribution < -0.4 is 10.6 Å². The Morgan fingerprint density at radius 2 is 1.29 bits per heavy atom. The number of carbonyl (C=O) groups is 3. The summed E-state index contributed by atoms with van der Waals surface area (Å²) in [6, 6.07) is 4.91. The standard InChI is InChI=1S/C35H48N2O5/c1-2-3-4-5-6-7-8-9-10-11-12-13-14-15-16-17-18-19-20-28-33(39)36-29-24-23-26-31(35(41)42)37-34(40)30-25-21-22-27-32(30)38/h3-4,6-7,9-10,12-13,15-16,18-19,21-22,25,27,31,38H,2,5,8,11,14,17,20,23-24,26,28-29H2,1H3,(H,36,39)(H,37,40)(H,41,42)/b4-3-,7-6-,10-9-,13-12-,16-15-,19-18-/t31-/m0/s1. The first-order valence-corrected chi connectivity index (χ1v) is 14.9. The van der Waals surface area contributed by atoms with Crippen molar-refractivity contribution in [2.75, 3.05) is 6.54 Å². The molecule has 0 aromatic heterocycles. The fourth-order valence-corrected chi connectivity index (χ4v) is 3.80. The van der Waals surface area contributed by atoms with E-state index in [0.717, 1.165) is 38.5 Å². The highest BCUT2D eigenvalue weighted by atomic mass is 16.4. The number of carboxylic acids is 1. The minimum absolute atomic E-state index is 0.0305. The van der Waals surface area contributed by atoms with Crippen LogP contribution in [-0.2, 0) is 9.59 Å². The van der Waals surface area contributed by atoms with Crippen LogP contribution in [0.5, 0.6) is 5.75 Å². The molecule has 42 heavy (non-hydrogen) atoms. The topological polar surface area (TPSA) is 116 Å². The van der Waals surface area contributed by atoms with E-state index in [1.807, 2.05) is 6.08 Å². The molecule has 0 heterocycles. The van der Waals surface area contributed by atoms with Crippen LogP contribution in [-0.4, -0.2) is 40.6 Å². The number of hydrogen-bond acceptors (Lipinski definition) is 4. The van der Waals surface area contributed by atoms with Gasteiger partial charge in [-0.2, -0.15) is 0 Å². The maximum Gasteiger partial charge on any atom is 0.326 e. The number of carboxylic acid groups (broad SMARTS) is 1. The number of phenols is 1. The van der Waals surface area contributed by atoms with Crippen LogP contribution in [0, 0.1) is 0 Å². The lowest BCUT2D eigenvalue weighted by Gasteiger charge is -2.15. The van der Waals surface area contributed by atoms with E-state index in [9.17, 15) is 24.6 Å². The van der Waals surface area contributed by atoms with Crippen LogP contribution in [0.25, 0.3) is 0 Å². The summed E-state index contributed by atoms with van der Waals surface area (Å²) in [5, 5.41) is 24.5. The molecule has 2 amide bonds. The quantitative estimate of drug-likeness (QED) is 0.0851. The van der Waals surface area contributed by atoms with Crippen LogP contribution in [0.4, 0.5) is 0 Å². The zero-order valence-electron chi connectivity index (χ0n) is 24.9. The van der Waals surface area contributed by atoms with E-state index in [-0.39, 0.29) is 23.6 Å². The molecule has 1 rings (SSSR count).